The van der Waals surface area contributed by atoms with Gasteiger partial charge in [-0.2, -0.15) is 0 Å². The van der Waals surface area contributed by atoms with E-state index in [0.29, 0.717) is 26.2 Å². The molecule has 2 aliphatic heterocycles. The molecule has 0 radical (unpaired) electrons. The molecule has 0 N–H and O–H groups in total. The van der Waals surface area contributed by atoms with Crippen LogP contribution >= 0.6 is 0 Å². The number of nitrogens with zero attached hydrogens (tertiary/aromatic N) is 5. The van der Waals surface area contributed by atoms with E-state index in [-0.39, 0.29) is 36.9 Å². The number of carbonyl (C=O) groups is 3. The van der Waals surface area contributed by atoms with Crippen LogP contribution in [0.3, 0.4) is 0 Å². The fourth-order valence-electron chi connectivity index (χ4n) is 4.95. The van der Waals surface area contributed by atoms with Gasteiger partial charge in [-0.15, -0.1) is 0 Å². The molecule has 2 fully saturated rings. The zero-order valence-electron chi connectivity index (χ0n) is 17.8. The van der Waals surface area contributed by atoms with Crippen molar-refractivity contribution in [1.29, 1.82) is 0 Å². The SMILES string of the molecule is CCN(CC)C(=O)CN1CCC[C@@]2(CCCN(C(=O)Cn3ccnc3)[C@H]2C)C1=O. The summed E-state index contributed by atoms with van der Waals surface area (Å²) < 4.78 is 1.76. The van der Waals surface area contributed by atoms with Crippen LogP contribution in [0.4, 0.5) is 0 Å². The molecule has 0 saturated carbocycles. The molecule has 1 spiro atoms. The Morgan fingerprint density at radius 3 is 2.48 bits per heavy atom. The molecule has 160 valence electrons. The number of likely N-dealkylation sites (N-methyl/N-ethyl adjacent to an activating group) is 1. The molecule has 8 heteroatoms. The van der Waals surface area contributed by atoms with E-state index >= 15 is 0 Å². The van der Waals surface area contributed by atoms with Crippen molar-refractivity contribution in [3.05, 3.63) is 18.7 Å². The predicted molar refractivity (Wildman–Crippen MR) is 109 cm³/mol. The lowest BCUT2D eigenvalue weighted by Gasteiger charge is -2.51. The molecule has 0 unspecified atom stereocenters. The normalized spacial score (nSPS) is 24.8. The molecule has 3 rings (SSSR count). The average molecular weight is 404 g/mol. The maximum atomic E-state index is 13.5. The number of aromatic nitrogens is 2. The Morgan fingerprint density at radius 1 is 1.17 bits per heavy atom. The molecule has 3 amide bonds. The van der Waals surface area contributed by atoms with Crippen molar-refractivity contribution in [2.24, 2.45) is 5.41 Å². The quantitative estimate of drug-likeness (QED) is 0.719. The molecule has 2 atom stereocenters. The van der Waals surface area contributed by atoms with Gasteiger partial charge in [-0.1, -0.05) is 0 Å². The highest BCUT2D eigenvalue weighted by molar-refractivity contribution is 5.90. The molecule has 2 aliphatic rings. The summed E-state index contributed by atoms with van der Waals surface area (Å²) >= 11 is 0. The highest BCUT2D eigenvalue weighted by atomic mass is 16.2. The second-order valence-corrected chi connectivity index (χ2v) is 8.15. The van der Waals surface area contributed by atoms with Gasteiger partial charge in [0.05, 0.1) is 18.3 Å². The summed E-state index contributed by atoms with van der Waals surface area (Å²) in [5.74, 6) is 0.0486. The van der Waals surface area contributed by atoms with Crippen molar-refractivity contribution in [2.75, 3.05) is 32.7 Å². The van der Waals surface area contributed by atoms with Crippen molar-refractivity contribution in [3.8, 4) is 0 Å². The third-order valence-corrected chi connectivity index (χ3v) is 6.69. The van der Waals surface area contributed by atoms with Crippen LogP contribution in [0.2, 0.25) is 0 Å². The van der Waals surface area contributed by atoms with Crippen LogP contribution in [0.15, 0.2) is 18.7 Å². The molecular weight excluding hydrogens is 370 g/mol. The van der Waals surface area contributed by atoms with Crippen LogP contribution < -0.4 is 0 Å². The smallest absolute Gasteiger partial charge is 0.242 e. The van der Waals surface area contributed by atoms with E-state index in [1.54, 1.807) is 33.1 Å². The maximum Gasteiger partial charge on any atom is 0.242 e. The number of carbonyl (C=O) groups excluding carboxylic acids is 3. The van der Waals surface area contributed by atoms with Crippen molar-refractivity contribution in [1.82, 2.24) is 24.3 Å². The van der Waals surface area contributed by atoms with Crippen LogP contribution in [0, 0.1) is 5.41 Å². The van der Waals surface area contributed by atoms with Gasteiger partial charge in [-0.3, -0.25) is 14.4 Å². The summed E-state index contributed by atoms with van der Waals surface area (Å²) in [6.07, 6.45) is 8.29. The van der Waals surface area contributed by atoms with E-state index in [2.05, 4.69) is 4.98 Å². The van der Waals surface area contributed by atoms with Crippen LogP contribution in [0.25, 0.3) is 0 Å². The van der Waals surface area contributed by atoms with Crippen molar-refractivity contribution in [2.45, 2.75) is 59.0 Å². The first-order chi connectivity index (χ1) is 13.9. The first-order valence-electron chi connectivity index (χ1n) is 10.7. The highest BCUT2D eigenvalue weighted by Crippen LogP contribution is 2.44. The number of hydrogen-bond donors (Lipinski definition) is 0. The zero-order valence-corrected chi connectivity index (χ0v) is 17.8. The van der Waals surface area contributed by atoms with Gasteiger partial charge in [0, 0.05) is 44.6 Å². The van der Waals surface area contributed by atoms with E-state index < -0.39 is 5.41 Å². The summed E-state index contributed by atoms with van der Waals surface area (Å²) in [5, 5.41) is 0. The molecule has 0 bridgehead atoms. The maximum absolute atomic E-state index is 13.5. The van der Waals surface area contributed by atoms with Crippen LogP contribution in [-0.2, 0) is 20.9 Å². The lowest BCUT2D eigenvalue weighted by Crippen LogP contribution is -2.62. The highest BCUT2D eigenvalue weighted by Gasteiger charge is 2.52. The second kappa shape index (κ2) is 8.97. The Hall–Kier alpha value is -2.38. The number of amides is 3. The van der Waals surface area contributed by atoms with Gasteiger partial charge < -0.3 is 19.3 Å². The van der Waals surface area contributed by atoms with Gasteiger partial charge in [0.1, 0.15) is 6.54 Å². The summed E-state index contributed by atoms with van der Waals surface area (Å²) in [4.78, 5) is 48.4. The first-order valence-corrected chi connectivity index (χ1v) is 10.7. The lowest BCUT2D eigenvalue weighted by molar-refractivity contribution is -0.162. The minimum Gasteiger partial charge on any atom is -0.342 e. The van der Waals surface area contributed by atoms with Crippen LogP contribution in [0.1, 0.15) is 46.5 Å². The fourth-order valence-corrected chi connectivity index (χ4v) is 4.95. The van der Waals surface area contributed by atoms with Crippen molar-refractivity contribution < 1.29 is 14.4 Å². The average Bonchev–Trinajstić information content (AvgIpc) is 3.21. The van der Waals surface area contributed by atoms with Crippen LogP contribution in [-0.4, -0.2) is 80.7 Å². The molecule has 1 aromatic heterocycles. The zero-order chi connectivity index (χ0) is 21.0. The Bertz CT molecular complexity index is 727. The standard InChI is InChI=1S/C21H33N5O3/c1-4-24(5-2)18(27)15-25-11-6-8-21(20(25)29)9-7-12-26(17(21)3)19(28)14-23-13-10-22-16-23/h10,13,16-17H,4-9,11-12,14-15H2,1-3H3/t17-,21-/m0/s1. The van der Waals surface area contributed by atoms with Gasteiger partial charge in [0.15, 0.2) is 0 Å². The number of hydrogen-bond acceptors (Lipinski definition) is 4. The Balaban J connectivity index is 1.74. The third kappa shape index (κ3) is 4.16. The minimum absolute atomic E-state index is 0.00287. The van der Waals surface area contributed by atoms with E-state index in [1.807, 2.05) is 25.7 Å². The van der Waals surface area contributed by atoms with Gasteiger partial charge in [0.2, 0.25) is 17.7 Å². The van der Waals surface area contributed by atoms with Crippen LogP contribution in [0.5, 0.6) is 0 Å². The van der Waals surface area contributed by atoms with Gasteiger partial charge in [-0.25, -0.2) is 4.98 Å². The molecule has 2 saturated heterocycles. The van der Waals surface area contributed by atoms with Gasteiger partial charge in [-0.05, 0) is 46.5 Å². The molecular formula is C21H33N5O3. The largest absolute Gasteiger partial charge is 0.342 e. The van der Waals surface area contributed by atoms with Gasteiger partial charge in [0.25, 0.3) is 0 Å². The molecule has 0 aliphatic carbocycles. The summed E-state index contributed by atoms with van der Waals surface area (Å²) in [6.45, 7) is 8.85. The number of imidazole rings is 1. The molecule has 3 heterocycles. The molecule has 1 aromatic rings. The second-order valence-electron chi connectivity index (χ2n) is 8.15. The van der Waals surface area contributed by atoms with Crippen molar-refractivity contribution in [3.63, 3.8) is 0 Å². The Labute approximate surface area is 172 Å². The predicted octanol–water partition coefficient (Wildman–Crippen LogP) is 1.37. The molecule has 0 aromatic carbocycles. The van der Waals surface area contributed by atoms with E-state index in [9.17, 15) is 14.4 Å². The number of piperidine rings is 2. The van der Waals surface area contributed by atoms with E-state index in [0.717, 1.165) is 25.7 Å². The lowest BCUT2D eigenvalue weighted by atomic mass is 9.67. The fraction of sp³-hybridized carbons (Fsp3) is 0.714. The minimum atomic E-state index is -0.579. The van der Waals surface area contributed by atoms with E-state index in [4.69, 9.17) is 0 Å². The first kappa shape index (κ1) is 21.3. The molecule has 8 nitrogen and oxygen atoms in total. The summed E-state index contributed by atoms with van der Waals surface area (Å²) in [7, 11) is 0. The van der Waals surface area contributed by atoms with Crippen molar-refractivity contribution >= 4 is 17.7 Å². The Morgan fingerprint density at radius 2 is 1.86 bits per heavy atom. The third-order valence-electron chi connectivity index (χ3n) is 6.69. The van der Waals surface area contributed by atoms with E-state index in [1.165, 1.54) is 0 Å². The topological polar surface area (TPSA) is 78.8 Å². The van der Waals surface area contributed by atoms with Gasteiger partial charge >= 0.3 is 0 Å². The monoisotopic (exact) mass is 403 g/mol. The number of rotatable bonds is 6. The number of likely N-dealkylation sites (tertiary alicyclic amines) is 2. The Kier molecular flexibility index (Phi) is 6.59. The molecule has 29 heavy (non-hydrogen) atoms. The summed E-state index contributed by atoms with van der Waals surface area (Å²) in [6, 6.07) is -0.175. The summed E-state index contributed by atoms with van der Waals surface area (Å²) in [5.41, 5.74) is -0.579.